The van der Waals surface area contributed by atoms with Crippen LogP contribution in [0.5, 0.6) is 0 Å². The Hall–Kier alpha value is -1.66. The van der Waals surface area contributed by atoms with E-state index in [1.165, 1.54) is 11.3 Å². The van der Waals surface area contributed by atoms with Gasteiger partial charge >= 0.3 is 5.97 Å². The van der Waals surface area contributed by atoms with E-state index >= 15 is 0 Å². The molecule has 0 saturated heterocycles. The molecule has 1 aromatic heterocycles. The van der Waals surface area contributed by atoms with Gasteiger partial charge in [-0.15, -0.1) is 11.3 Å². The summed E-state index contributed by atoms with van der Waals surface area (Å²) in [6.45, 7) is 3.46. The molecule has 2 N–H and O–H groups in total. The van der Waals surface area contributed by atoms with Gasteiger partial charge in [-0.1, -0.05) is 12.1 Å². The maximum Gasteiger partial charge on any atom is 0.310 e. The van der Waals surface area contributed by atoms with Crippen LogP contribution < -0.4 is 5.32 Å². The van der Waals surface area contributed by atoms with Crippen LogP contribution in [-0.4, -0.2) is 17.0 Å². The van der Waals surface area contributed by atoms with E-state index in [9.17, 15) is 9.59 Å². The average Bonchev–Trinajstić information content (AvgIpc) is 2.92. The molecule has 2 aromatic rings. The summed E-state index contributed by atoms with van der Waals surface area (Å²) in [7, 11) is 0. The molecule has 6 heteroatoms. The van der Waals surface area contributed by atoms with Crippen LogP contribution in [0.1, 0.15) is 36.1 Å². The van der Waals surface area contributed by atoms with Crippen LogP contribution in [0.3, 0.4) is 0 Å². The van der Waals surface area contributed by atoms with Gasteiger partial charge in [0.05, 0.1) is 15.6 Å². The van der Waals surface area contributed by atoms with Gasteiger partial charge in [-0.3, -0.25) is 9.59 Å². The van der Waals surface area contributed by atoms with Crippen molar-refractivity contribution in [1.82, 2.24) is 0 Å². The Labute approximate surface area is 141 Å². The van der Waals surface area contributed by atoms with Crippen molar-refractivity contribution in [2.75, 3.05) is 5.32 Å². The van der Waals surface area contributed by atoms with E-state index in [1.807, 2.05) is 19.1 Å². The van der Waals surface area contributed by atoms with Crippen LogP contribution in [0.25, 0.3) is 0 Å². The van der Waals surface area contributed by atoms with Crippen LogP contribution in [0.4, 0.5) is 5.69 Å². The lowest BCUT2D eigenvalue weighted by Crippen LogP contribution is -2.18. The summed E-state index contributed by atoms with van der Waals surface area (Å²) in [4.78, 5) is 24.3. The molecule has 1 heterocycles. The average molecular weight is 382 g/mol. The molecule has 1 aromatic carbocycles. The molecule has 0 aliphatic heterocycles. The minimum atomic E-state index is -0.889. The molecule has 2 atom stereocenters. The van der Waals surface area contributed by atoms with E-state index in [4.69, 9.17) is 5.11 Å². The van der Waals surface area contributed by atoms with Crippen molar-refractivity contribution in [2.45, 2.75) is 25.7 Å². The number of benzene rings is 1. The van der Waals surface area contributed by atoms with Crippen LogP contribution in [0.2, 0.25) is 0 Å². The van der Waals surface area contributed by atoms with Gasteiger partial charge in [-0.25, -0.2) is 0 Å². The number of halogens is 1. The zero-order valence-electron chi connectivity index (χ0n) is 12.2. The molecule has 0 saturated carbocycles. The predicted molar refractivity (Wildman–Crippen MR) is 91.6 cm³/mol. The topological polar surface area (TPSA) is 66.4 Å². The van der Waals surface area contributed by atoms with Crippen molar-refractivity contribution in [2.24, 2.45) is 0 Å². The minimum absolute atomic E-state index is 0.116. The lowest BCUT2D eigenvalue weighted by Gasteiger charge is -2.13. The number of carboxylic acid groups (broad SMARTS) is 1. The molecule has 0 aliphatic carbocycles. The van der Waals surface area contributed by atoms with Crippen molar-refractivity contribution in [1.29, 1.82) is 0 Å². The molecule has 0 radical (unpaired) electrons. The van der Waals surface area contributed by atoms with Crippen molar-refractivity contribution in [3.63, 3.8) is 0 Å². The van der Waals surface area contributed by atoms with Gasteiger partial charge in [0.25, 0.3) is 0 Å². The molecule has 22 heavy (non-hydrogen) atoms. The number of rotatable bonds is 5. The minimum Gasteiger partial charge on any atom is -0.481 e. The molecule has 2 unspecified atom stereocenters. The molecule has 0 spiro atoms. The van der Waals surface area contributed by atoms with Crippen LogP contribution >= 0.6 is 27.3 Å². The van der Waals surface area contributed by atoms with Crippen molar-refractivity contribution in [3.05, 3.63) is 50.6 Å². The predicted octanol–water partition coefficient (Wildman–Crippen LogP) is 4.44. The number of anilines is 1. The lowest BCUT2D eigenvalue weighted by molar-refractivity contribution is -0.138. The fourth-order valence-corrected chi connectivity index (χ4v) is 3.44. The number of amides is 1. The van der Waals surface area contributed by atoms with E-state index in [0.29, 0.717) is 11.3 Å². The Morgan fingerprint density at radius 1 is 1.18 bits per heavy atom. The highest BCUT2D eigenvalue weighted by molar-refractivity contribution is 9.11. The van der Waals surface area contributed by atoms with E-state index in [0.717, 1.165) is 8.66 Å². The summed E-state index contributed by atoms with van der Waals surface area (Å²) >= 11 is 4.91. The molecule has 116 valence electrons. The largest absolute Gasteiger partial charge is 0.481 e. The zero-order chi connectivity index (χ0) is 16.3. The summed E-state index contributed by atoms with van der Waals surface area (Å²) in [6.07, 6.45) is 0. The maximum atomic E-state index is 12.3. The smallest absolute Gasteiger partial charge is 0.310 e. The van der Waals surface area contributed by atoms with Crippen molar-refractivity contribution >= 4 is 44.8 Å². The van der Waals surface area contributed by atoms with Crippen molar-refractivity contribution in [3.8, 4) is 0 Å². The molecule has 0 bridgehead atoms. The Balaban J connectivity index is 2.11. The lowest BCUT2D eigenvalue weighted by atomic mass is 10.0. The summed E-state index contributed by atoms with van der Waals surface area (Å²) in [5.41, 5.74) is 1.27. The normalized spacial score (nSPS) is 13.4. The van der Waals surface area contributed by atoms with E-state index in [2.05, 4.69) is 21.2 Å². The van der Waals surface area contributed by atoms with Gasteiger partial charge in [0.15, 0.2) is 0 Å². The first-order valence-electron chi connectivity index (χ1n) is 6.77. The first-order chi connectivity index (χ1) is 10.4. The molecule has 0 aliphatic rings. The molecular formula is C16H16BrNO3S. The Kier molecular flexibility index (Phi) is 5.37. The number of aliphatic carboxylic acids is 1. The van der Waals surface area contributed by atoms with Gasteiger partial charge in [-0.2, -0.15) is 0 Å². The number of carboxylic acids is 1. The highest BCUT2D eigenvalue weighted by Gasteiger charge is 2.18. The van der Waals surface area contributed by atoms with Gasteiger partial charge in [0, 0.05) is 10.6 Å². The Morgan fingerprint density at radius 3 is 2.50 bits per heavy atom. The van der Waals surface area contributed by atoms with E-state index in [-0.39, 0.29) is 11.8 Å². The quantitative estimate of drug-likeness (QED) is 0.804. The van der Waals surface area contributed by atoms with Crippen molar-refractivity contribution < 1.29 is 14.7 Å². The third-order valence-electron chi connectivity index (χ3n) is 3.44. The summed E-state index contributed by atoms with van der Waals surface area (Å²) in [5, 5.41) is 11.9. The van der Waals surface area contributed by atoms with Crippen LogP contribution in [0, 0.1) is 0 Å². The fourth-order valence-electron chi connectivity index (χ4n) is 1.97. The summed E-state index contributed by atoms with van der Waals surface area (Å²) in [5.74, 6) is -1.88. The number of hydrogen-bond donors (Lipinski definition) is 2. The molecule has 2 rings (SSSR count). The first-order valence-corrected chi connectivity index (χ1v) is 8.38. The number of nitrogens with one attached hydrogen (secondary N) is 1. The standard InChI is InChI=1S/C16H16BrNO3S/c1-9(16(20)21)11-4-3-5-12(8-11)18-15(19)10(2)13-6-7-14(17)22-13/h3-10H,1-2H3,(H,18,19)(H,20,21). The Bertz CT molecular complexity index is 698. The third-order valence-corrected chi connectivity index (χ3v) is 5.25. The molecule has 4 nitrogen and oxygen atoms in total. The van der Waals surface area contributed by atoms with Crippen LogP contribution in [-0.2, 0) is 9.59 Å². The number of carbonyl (C=O) groups is 2. The summed E-state index contributed by atoms with van der Waals surface area (Å²) < 4.78 is 0.986. The summed E-state index contributed by atoms with van der Waals surface area (Å²) in [6, 6.07) is 10.8. The highest BCUT2D eigenvalue weighted by atomic mass is 79.9. The number of carbonyl (C=O) groups excluding carboxylic acids is 1. The van der Waals surface area contributed by atoms with E-state index < -0.39 is 11.9 Å². The second-order valence-corrected chi connectivity index (χ2v) is 7.53. The van der Waals surface area contributed by atoms with Crippen LogP contribution in [0.15, 0.2) is 40.2 Å². The maximum absolute atomic E-state index is 12.3. The zero-order valence-corrected chi connectivity index (χ0v) is 14.6. The van der Waals surface area contributed by atoms with Gasteiger partial charge in [0.1, 0.15) is 0 Å². The second kappa shape index (κ2) is 7.07. The third kappa shape index (κ3) is 3.96. The molecule has 1 amide bonds. The number of hydrogen-bond acceptors (Lipinski definition) is 3. The van der Waals surface area contributed by atoms with Gasteiger partial charge < -0.3 is 10.4 Å². The van der Waals surface area contributed by atoms with E-state index in [1.54, 1.807) is 31.2 Å². The Morgan fingerprint density at radius 2 is 1.91 bits per heavy atom. The van der Waals surface area contributed by atoms with Gasteiger partial charge in [0.2, 0.25) is 5.91 Å². The van der Waals surface area contributed by atoms with Gasteiger partial charge in [-0.05, 0) is 59.6 Å². The first kappa shape index (κ1) is 16.7. The highest BCUT2D eigenvalue weighted by Crippen LogP contribution is 2.29. The monoisotopic (exact) mass is 381 g/mol. The molecule has 0 fully saturated rings. The number of thiophene rings is 1. The SMILES string of the molecule is CC(C(=O)O)c1cccc(NC(=O)C(C)c2ccc(Br)s2)c1. The second-order valence-electron chi connectivity index (χ2n) is 5.04. The fraction of sp³-hybridized carbons (Fsp3) is 0.250. The molecular weight excluding hydrogens is 366 g/mol.